The Hall–Kier alpha value is -2.75. The number of fused-ring (bicyclic) bond motifs is 1. The van der Waals surface area contributed by atoms with E-state index < -0.39 is 0 Å². The van der Waals surface area contributed by atoms with Crippen LogP contribution in [0.15, 0.2) is 61.2 Å². The largest absolute Gasteiger partial charge is 0.493 e. The number of carbonyl (C=O) groups excluding carboxylic acids is 1. The Morgan fingerprint density at radius 1 is 1.24 bits per heavy atom. The number of carbonyl (C=O) groups is 1. The van der Waals surface area contributed by atoms with Gasteiger partial charge in [-0.2, -0.15) is 0 Å². The lowest BCUT2D eigenvalue weighted by atomic mass is 9.63. The van der Waals surface area contributed by atoms with E-state index in [1.165, 1.54) is 5.56 Å². The van der Waals surface area contributed by atoms with Crippen LogP contribution in [0.5, 0.6) is 11.5 Å². The smallest absolute Gasteiger partial charge is 0.226 e. The number of hydrogen-bond acceptors (Lipinski definition) is 3. The molecule has 2 heterocycles. The second-order valence-electron chi connectivity index (χ2n) is 9.75. The van der Waals surface area contributed by atoms with Crippen molar-refractivity contribution < 1.29 is 14.3 Å². The van der Waals surface area contributed by atoms with Crippen molar-refractivity contribution in [3.8, 4) is 11.5 Å². The van der Waals surface area contributed by atoms with Crippen LogP contribution in [0.3, 0.4) is 0 Å². The van der Waals surface area contributed by atoms with Gasteiger partial charge >= 0.3 is 0 Å². The van der Waals surface area contributed by atoms with Crippen LogP contribution < -0.4 is 9.47 Å². The van der Waals surface area contributed by atoms with Gasteiger partial charge in [0.2, 0.25) is 5.91 Å². The van der Waals surface area contributed by atoms with E-state index in [9.17, 15) is 4.79 Å². The average Bonchev–Trinajstić information content (AvgIpc) is 2.89. The van der Waals surface area contributed by atoms with Gasteiger partial charge in [-0.1, -0.05) is 62.4 Å². The Morgan fingerprint density at radius 2 is 2.03 bits per heavy atom. The number of methoxy groups -OCH3 is 1. The first-order valence-corrected chi connectivity index (χ1v) is 12.9. The number of likely N-dealkylation sites (tertiary alicyclic amines) is 1. The van der Waals surface area contributed by atoms with Gasteiger partial charge in [0.15, 0.2) is 11.5 Å². The number of hydrogen-bond donors (Lipinski definition) is 0. The predicted octanol–water partition coefficient (Wildman–Crippen LogP) is 6.50. The number of nitrogens with zero attached hydrogens (tertiary/aromatic N) is 1. The van der Waals surface area contributed by atoms with Crippen molar-refractivity contribution in [1.29, 1.82) is 0 Å². The van der Waals surface area contributed by atoms with Crippen LogP contribution in [0, 0.1) is 5.92 Å². The summed E-state index contributed by atoms with van der Waals surface area (Å²) in [5.74, 6) is 2.26. The van der Waals surface area contributed by atoms with Crippen molar-refractivity contribution in [3.05, 3.63) is 72.3 Å². The third-order valence-corrected chi connectivity index (χ3v) is 8.24. The number of benzene rings is 2. The van der Waals surface area contributed by atoms with Crippen LogP contribution in [0.25, 0.3) is 0 Å². The van der Waals surface area contributed by atoms with Gasteiger partial charge in [0.25, 0.3) is 0 Å². The molecular weight excluding hydrogens is 422 g/mol. The fourth-order valence-corrected chi connectivity index (χ4v) is 6.45. The molecule has 2 unspecified atom stereocenters. The monoisotopic (exact) mass is 461 g/mol. The summed E-state index contributed by atoms with van der Waals surface area (Å²) in [5.41, 5.74) is 2.26. The van der Waals surface area contributed by atoms with E-state index in [4.69, 9.17) is 9.47 Å². The highest BCUT2D eigenvalue weighted by atomic mass is 16.5. The van der Waals surface area contributed by atoms with E-state index in [-0.39, 0.29) is 17.4 Å². The molecule has 2 aliphatic heterocycles. The topological polar surface area (TPSA) is 38.8 Å². The Morgan fingerprint density at radius 3 is 2.71 bits per heavy atom. The van der Waals surface area contributed by atoms with Crippen molar-refractivity contribution in [2.45, 2.75) is 69.7 Å². The molecular formula is C30H39NO3. The SMILES string of the molecule is C=CCC1CC(c2ccccc2)CCN1C(=O)[C@H](CC)[C@]1(CC)CCOc2c(OC)cccc21. The molecule has 4 rings (SSSR count). The molecule has 1 amide bonds. The molecule has 4 nitrogen and oxygen atoms in total. The molecule has 2 aromatic carbocycles. The fourth-order valence-electron chi connectivity index (χ4n) is 6.45. The molecule has 0 N–H and O–H groups in total. The minimum Gasteiger partial charge on any atom is -0.493 e. The normalized spacial score (nSPS) is 25.1. The van der Waals surface area contributed by atoms with Gasteiger partial charge in [0.05, 0.1) is 13.7 Å². The zero-order valence-electron chi connectivity index (χ0n) is 21.0. The molecule has 34 heavy (non-hydrogen) atoms. The summed E-state index contributed by atoms with van der Waals surface area (Å²) in [6.45, 7) is 9.80. The van der Waals surface area contributed by atoms with Gasteiger partial charge in [-0.25, -0.2) is 0 Å². The first kappa shape index (κ1) is 24.4. The van der Waals surface area contributed by atoms with Crippen molar-refractivity contribution in [1.82, 2.24) is 4.90 Å². The second kappa shape index (κ2) is 10.7. The summed E-state index contributed by atoms with van der Waals surface area (Å²) in [7, 11) is 1.68. The molecule has 0 aliphatic carbocycles. The van der Waals surface area contributed by atoms with E-state index in [0.717, 1.165) is 62.1 Å². The van der Waals surface area contributed by atoms with Crippen LogP contribution in [-0.4, -0.2) is 37.1 Å². The summed E-state index contributed by atoms with van der Waals surface area (Å²) in [4.78, 5) is 16.5. The first-order chi connectivity index (χ1) is 16.6. The lowest BCUT2D eigenvalue weighted by Crippen LogP contribution is -2.53. The molecule has 0 aromatic heterocycles. The molecule has 0 saturated carbocycles. The van der Waals surface area contributed by atoms with Crippen molar-refractivity contribution in [2.75, 3.05) is 20.3 Å². The summed E-state index contributed by atoms with van der Waals surface area (Å²) in [6.07, 6.45) is 7.36. The molecule has 0 radical (unpaired) electrons. The third kappa shape index (κ3) is 4.35. The van der Waals surface area contributed by atoms with Crippen molar-refractivity contribution >= 4 is 5.91 Å². The maximum absolute atomic E-state index is 14.3. The van der Waals surface area contributed by atoms with E-state index >= 15 is 0 Å². The summed E-state index contributed by atoms with van der Waals surface area (Å²) < 4.78 is 11.7. The van der Waals surface area contributed by atoms with E-state index in [2.05, 4.69) is 61.7 Å². The highest BCUT2D eigenvalue weighted by Crippen LogP contribution is 2.51. The lowest BCUT2D eigenvalue weighted by molar-refractivity contribution is -0.143. The molecule has 4 atom stereocenters. The van der Waals surface area contributed by atoms with Gasteiger partial charge in [-0.3, -0.25) is 4.79 Å². The maximum atomic E-state index is 14.3. The highest BCUT2D eigenvalue weighted by molar-refractivity contribution is 5.82. The Labute approximate surface area is 205 Å². The Bertz CT molecular complexity index is 988. The summed E-state index contributed by atoms with van der Waals surface area (Å²) >= 11 is 0. The summed E-state index contributed by atoms with van der Waals surface area (Å²) in [6, 6.07) is 17.0. The van der Waals surface area contributed by atoms with Crippen LogP contribution in [0.4, 0.5) is 0 Å². The quantitative estimate of drug-likeness (QED) is 0.421. The molecule has 0 bridgehead atoms. The Balaban J connectivity index is 1.65. The van der Waals surface area contributed by atoms with Crippen LogP contribution >= 0.6 is 0 Å². The highest BCUT2D eigenvalue weighted by Gasteiger charge is 2.48. The summed E-state index contributed by atoms with van der Waals surface area (Å²) in [5, 5.41) is 0. The Kier molecular flexibility index (Phi) is 7.65. The second-order valence-corrected chi connectivity index (χ2v) is 9.75. The zero-order chi connectivity index (χ0) is 24.1. The van der Waals surface area contributed by atoms with Crippen LogP contribution in [-0.2, 0) is 10.2 Å². The number of rotatable bonds is 8. The molecule has 2 aliphatic rings. The van der Waals surface area contributed by atoms with Crippen LogP contribution in [0.1, 0.15) is 69.4 Å². The minimum atomic E-state index is -0.247. The molecule has 4 heteroatoms. The number of piperidine rings is 1. The molecule has 2 aromatic rings. The average molecular weight is 462 g/mol. The van der Waals surface area contributed by atoms with Gasteiger partial charge in [0, 0.05) is 29.5 Å². The lowest BCUT2D eigenvalue weighted by Gasteiger charge is -2.47. The number of ether oxygens (including phenoxy) is 2. The first-order valence-electron chi connectivity index (χ1n) is 12.9. The number of amides is 1. The standard InChI is InChI=1S/C30H39NO3/c1-5-12-24-21-23(22-13-9-8-10-14-22)17-19-31(24)29(32)25(6-2)30(7-3)18-20-34-28-26(30)15-11-16-27(28)33-4/h5,8-11,13-16,23-25H,1,6-7,12,17-21H2,2-4H3/t23?,24?,25-,30-/m0/s1. The van der Waals surface area contributed by atoms with E-state index in [0.29, 0.717) is 18.4 Å². The minimum absolute atomic E-state index is 0.0900. The maximum Gasteiger partial charge on any atom is 0.226 e. The van der Waals surface area contributed by atoms with Gasteiger partial charge in [-0.15, -0.1) is 6.58 Å². The zero-order valence-corrected chi connectivity index (χ0v) is 21.0. The molecule has 1 fully saturated rings. The van der Waals surface area contributed by atoms with Gasteiger partial charge < -0.3 is 14.4 Å². The molecule has 1 saturated heterocycles. The molecule has 0 spiro atoms. The number of para-hydroxylation sites is 1. The third-order valence-electron chi connectivity index (χ3n) is 8.24. The predicted molar refractivity (Wildman–Crippen MR) is 138 cm³/mol. The van der Waals surface area contributed by atoms with Gasteiger partial charge in [0.1, 0.15) is 0 Å². The van der Waals surface area contributed by atoms with Crippen molar-refractivity contribution in [3.63, 3.8) is 0 Å². The van der Waals surface area contributed by atoms with E-state index in [1.54, 1.807) is 7.11 Å². The van der Waals surface area contributed by atoms with E-state index in [1.807, 2.05) is 18.2 Å². The molecule has 182 valence electrons. The van der Waals surface area contributed by atoms with Crippen molar-refractivity contribution in [2.24, 2.45) is 5.92 Å². The van der Waals surface area contributed by atoms with Crippen LogP contribution in [0.2, 0.25) is 0 Å². The fraction of sp³-hybridized carbons (Fsp3) is 0.500. The van der Waals surface area contributed by atoms with Gasteiger partial charge in [-0.05, 0) is 56.1 Å².